The van der Waals surface area contributed by atoms with Crippen molar-refractivity contribution in [2.75, 3.05) is 25.4 Å². The van der Waals surface area contributed by atoms with Gasteiger partial charge in [0, 0.05) is 13.1 Å². The summed E-state index contributed by atoms with van der Waals surface area (Å²) in [6, 6.07) is 0. The third-order valence-electron chi connectivity index (χ3n) is 3.33. The predicted octanol–water partition coefficient (Wildman–Crippen LogP) is 1.47. The summed E-state index contributed by atoms with van der Waals surface area (Å²) in [6.45, 7) is 4.56. The zero-order valence-electron chi connectivity index (χ0n) is 9.94. The fraction of sp³-hybridized carbons (Fsp3) is 0.818. The number of rotatable bonds is 2. The van der Waals surface area contributed by atoms with Crippen molar-refractivity contribution in [1.82, 2.24) is 15.5 Å². The van der Waals surface area contributed by atoms with E-state index in [1.807, 2.05) is 11.8 Å². The Hall–Kier alpha value is -0.590. The minimum Gasteiger partial charge on any atom is -0.367 e. The molecule has 1 aromatic rings. The van der Waals surface area contributed by atoms with Crippen LogP contribution in [0.1, 0.15) is 37.6 Å². The molecule has 1 N–H and O–H groups in total. The lowest BCUT2D eigenvalue weighted by atomic mass is 10.1. The van der Waals surface area contributed by atoms with Crippen molar-refractivity contribution in [1.29, 1.82) is 0 Å². The van der Waals surface area contributed by atoms with E-state index in [0.717, 1.165) is 25.4 Å². The molecule has 94 valence electrons. The first-order valence-electron chi connectivity index (χ1n) is 6.08. The van der Waals surface area contributed by atoms with Gasteiger partial charge in [-0.05, 0) is 25.5 Å². The molecule has 3 heterocycles. The summed E-state index contributed by atoms with van der Waals surface area (Å²) in [5.41, 5.74) is 0. The standard InChI is InChI=1S/C11H17N3O2S/c1-11(3-2-6-17-11)10-13-9(14-16-10)8-7-12-4-5-15-8/h8,12H,2-7H2,1H3. The van der Waals surface area contributed by atoms with Crippen LogP contribution < -0.4 is 5.32 Å². The third kappa shape index (κ3) is 2.21. The lowest BCUT2D eigenvalue weighted by Gasteiger charge is -2.20. The molecule has 2 atom stereocenters. The van der Waals surface area contributed by atoms with Crippen LogP contribution in [0, 0.1) is 0 Å². The molecule has 0 spiro atoms. The highest BCUT2D eigenvalue weighted by Gasteiger charge is 2.37. The molecule has 2 fully saturated rings. The minimum absolute atomic E-state index is 0.00729. The first kappa shape index (κ1) is 11.5. The number of hydrogen-bond acceptors (Lipinski definition) is 6. The molecule has 2 aliphatic heterocycles. The van der Waals surface area contributed by atoms with E-state index in [1.165, 1.54) is 12.2 Å². The molecule has 2 saturated heterocycles. The largest absolute Gasteiger partial charge is 0.367 e. The zero-order chi connectivity index (χ0) is 11.7. The van der Waals surface area contributed by atoms with Crippen molar-refractivity contribution in [2.24, 2.45) is 0 Å². The Morgan fingerprint density at radius 1 is 1.53 bits per heavy atom. The van der Waals surface area contributed by atoms with Crippen LogP contribution in [-0.2, 0) is 9.48 Å². The van der Waals surface area contributed by atoms with Gasteiger partial charge in [-0.3, -0.25) is 0 Å². The van der Waals surface area contributed by atoms with Gasteiger partial charge in [-0.15, -0.1) is 11.8 Å². The lowest BCUT2D eigenvalue weighted by molar-refractivity contribution is 0.0208. The second-order valence-electron chi connectivity index (χ2n) is 4.70. The Labute approximate surface area is 105 Å². The van der Waals surface area contributed by atoms with Gasteiger partial charge in [0.15, 0.2) is 0 Å². The maximum Gasteiger partial charge on any atom is 0.242 e. The normalized spacial score (nSPS) is 34.1. The van der Waals surface area contributed by atoms with Gasteiger partial charge < -0.3 is 14.6 Å². The summed E-state index contributed by atoms with van der Waals surface area (Å²) in [4.78, 5) is 4.52. The molecule has 0 amide bonds. The Bertz CT molecular complexity index is 384. The van der Waals surface area contributed by atoms with Crippen molar-refractivity contribution in [2.45, 2.75) is 30.6 Å². The smallest absolute Gasteiger partial charge is 0.242 e. The maximum absolute atomic E-state index is 5.62. The van der Waals surface area contributed by atoms with E-state index in [4.69, 9.17) is 9.26 Å². The lowest BCUT2D eigenvalue weighted by Crippen LogP contribution is -2.33. The molecule has 0 radical (unpaired) electrons. The van der Waals surface area contributed by atoms with Crippen LogP contribution in [0.15, 0.2) is 4.52 Å². The van der Waals surface area contributed by atoms with Crippen molar-refractivity contribution in [3.63, 3.8) is 0 Å². The number of nitrogens with zero attached hydrogens (tertiary/aromatic N) is 2. The highest BCUT2D eigenvalue weighted by molar-refractivity contribution is 8.00. The quantitative estimate of drug-likeness (QED) is 0.863. The molecule has 0 saturated carbocycles. The van der Waals surface area contributed by atoms with Gasteiger partial charge in [-0.2, -0.15) is 4.98 Å². The average Bonchev–Trinajstić information content (AvgIpc) is 2.99. The Morgan fingerprint density at radius 2 is 2.47 bits per heavy atom. The van der Waals surface area contributed by atoms with Gasteiger partial charge in [0.1, 0.15) is 6.10 Å². The fourth-order valence-electron chi connectivity index (χ4n) is 2.26. The van der Waals surface area contributed by atoms with Crippen LogP contribution >= 0.6 is 11.8 Å². The number of ether oxygens (including phenoxy) is 1. The van der Waals surface area contributed by atoms with Gasteiger partial charge in [0.2, 0.25) is 11.7 Å². The molecule has 2 aliphatic rings. The average molecular weight is 255 g/mol. The van der Waals surface area contributed by atoms with Gasteiger partial charge in [0.05, 0.1) is 11.4 Å². The number of hydrogen-bond donors (Lipinski definition) is 1. The van der Waals surface area contributed by atoms with Crippen molar-refractivity contribution in [3.05, 3.63) is 11.7 Å². The monoisotopic (exact) mass is 255 g/mol. The van der Waals surface area contributed by atoms with E-state index >= 15 is 0 Å². The highest BCUT2D eigenvalue weighted by atomic mass is 32.2. The topological polar surface area (TPSA) is 60.2 Å². The number of morpholine rings is 1. The molecule has 17 heavy (non-hydrogen) atoms. The van der Waals surface area contributed by atoms with Crippen LogP contribution in [0.4, 0.5) is 0 Å². The molecule has 0 aromatic carbocycles. The van der Waals surface area contributed by atoms with Crippen LogP contribution in [-0.4, -0.2) is 35.6 Å². The van der Waals surface area contributed by atoms with Crippen LogP contribution in [0.5, 0.6) is 0 Å². The van der Waals surface area contributed by atoms with Crippen molar-refractivity contribution in [3.8, 4) is 0 Å². The van der Waals surface area contributed by atoms with Crippen LogP contribution in [0.25, 0.3) is 0 Å². The summed E-state index contributed by atoms with van der Waals surface area (Å²) in [5, 5.41) is 7.33. The molecule has 6 heteroatoms. The van der Waals surface area contributed by atoms with Gasteiger partial charge >= 0.3 is 0 Å². The van der Waals surface area contributed by atoms with E-state index < -0.39 is 0 Å². The summed E-state index contributed by atoms with van der Waals surface area (Å²) in [5.74, 6) is 2.61. The number of thioether (sulfide) groups is 1. The maximum atomic E-state index is 5.62. The Balaban J connectivity index is 1.77. The molecule has 0 aliphatic carbocycles. The highest BCUT2D eigenvalue weighted by Crippen LogP contribution is 2.45. The molecule has 3 rings (SSSR count). The number of aromatic nitrogens is 2. The van der Waals surface area contributed by atoms with E-state index in [-0.39, 0.29) is 10.9 Å². The van der Waals surface area contributed by atoms with E-state index in [0.29, 0.717) is 12.4 Å². The third-order valence-corrected chi connectivity index (χ3v) is 4.84. The van der Waals surface area contributed by atoms with E-state index in [9.17, 15) is 0 Å². The molecule has 1 aromatic heterocycles. The summed E-state index contributed by atoms with van der Waals surface area (Å²) in [7, 11) is 0. The minimum atomic E-state index is -0.0590. The Kier molecular flexibility index (Phi) is 3.10. The Morgan fingerprint density at radius 3 is 3.18 bits per heavy atom. The molecule has 2 unspecified atom stereocenters. The molecular weight excluding hydrogens is 238 g/mol. The second kappa shape index (κ2) is 4.59. The summed E-state index contributed by atoms with van der Waals surface area (Å²) in [6.07, 6.45) is 2.28. The van der Waals surface area contributed by atoms with Gasteiger partial charge in [0.25, 0.3) is 0 Å². The summed E-state index contributed by atoms with van der Waals surface area (Å²) < 4.78 is 11.0. The molecular formula is C11H17N3O2S. The molecule has 5 nitrogen and oxygen atoms in total. The van der Waals surface area contributed by atoms with E-state index in [1.54, 1.807) is 0 Å². The molecule has 0 bridgehead atoms. The fourth-order valence-corrected chi connectivity index (χ4v) is 3.49. The van der Waals surface area contributed by atoms with Gasteiger partial charge in [-0.25, -0.2) is 0 Å². The second-order valence-corrected chi connectivity index (χ2v) is 6.30. The zero-order valence-corrected chi connectivity index (χ0v) is 10.8. The van der Waals surface area contributed by atoms with Gasteiger partial charge in [-0.1, -0.05) is 5.16 Å². The summed E-state index contributed by atoms with van der Waals surface area (Å²) >= 11 is 1.91. The van der Waals surface area contributed by atoms with Crippen molar-refractivity contribution >= 4 is 11.8 Å². The first-order valence-corrected chi connectivity index (χ1v) is 7.07. The van der Waals surface area contributed by atoms with Crippen LogP contribution in [0.2, 0.25) is 0 Å². The number of nitrogens with one attached hydrogen (secondary N) is 1. The van der Waals surface area contributed by atoms with Crippen molar-refractivity contribution < 1.29 is 9.26 Å². The SMILES string of the molecule is CC1(c2nc(C3CNCCO3)no2)CCCS1. The van der Waals surface area contributed by atoms with Crippen LogP contribution in [0.3, 0.4) is 0 Å². The van der Waals surface area contributed by atoms with E-state index in [2.05, 4.69) is 22.4 Å². The first-order chi connectivity index (χ1) is 8.28. The predicted molar refractivity (Wildman–Crippen MR) is 64.9 cm³/mol.